The van der Waals surface area contributed by atoms with Gasteiger partial charge >= 0.3 is 5.97 Å². The van der Waals surface area contributed by atoms with E-state index in [1.807, 2.05) is 0 Å². The van der Waals surface area contributed by atoms with Crippen molar-refractivity contribution in [2.45, 2.75) is 26.3 Å². The van der Waals surface area contributed by atoms with Gasteiger partial charge in [0.15, 0.2) is 0 Å². The van der Waals surface area contributed by atoms with Gasteiger partial charge < -0.3 is 20.0 Å². The van der Waals surface area contributed by atoms with Crippen LogP contribution in [0.3, 0.4) is 0 Å². The number of nitrogens with one attached hydrogen (secondary N) is 1. The number of ether oxygens (including phenoxy) is 1. The summed E-state index contributed by atoms with van der Waals surface area (Å²) in [5.41, 5.74) is 0. The molecule has 0 saturated heterocycles. The maximum atomic E-state index is 11.1. The minimum Gasteiger partial charge on any atom is -0.550 e. The first kappa shape index (κ1) is 12.4. The number of carbonyl (C=O) groups excluding carboxylic acids is 3. The van der Waals surface area contributed by atoms with E-state index < -0.39 is 30.3 Å². The van der Waals surface area contributed by atoms with Crippen molar-refractivity contribution in [1.29, 1.82) is 0 Å². The molecule has 80 valence electrons. The molecule has 0 aromatic heterocycles. The van der Waals surface area contributed by atoms with Gasteiger partial charge in [0.1, 0.15) is 6.04 Å². The fraction of sp³-hybridized carbons (Fsp3) is 0.625. The first-order valence-corrected chi connectivity index (χ1v) is 4.11. The topological polar surface area (TPSA) is 95.5 Å². The van der Waals surface area contributed by atoms with Gasteiger partial charge in [0.05, 0.1) is 6.61 Å². The van der Waals surface area contributed by atoms with Crippen molar-refractivity contribution in [2.24, 2.45) is 0 Å². The third-order valence-corrected chi connectivity index (χ3v) is 1.32. The molecule has 0 aliphatic rings. The number of hydrogen-bond acceptors (Lipinski definition) is 5. The van der Waals surface area contributed by atoms with Gasteiger partial charge in [-0.15, -0.1) is 0 Å². The lowest BCUT2D eigenvalue weighted by Crippen LogP contribution is -2.44. The highest BCUT2D eigenvalue weighted by atomic mass is 16.5. The molecule has 0 fully saturated rings. The van der Waals surface area contributed by atoms with E-state index in [0.29, 0.717) is 0 Å². The fourth-order valence-corrected chi connectivity index (χ4v) is 0.848. The van der Waals surface area contributed by atoms with Crippen molar-refractivity contribution in [2.75, 3.05) is 6.61 Å². The number of aliphatic carboxylic acids is 1. The van der Waals surface area contributed by atoms with Gasteiger partial charge in [-0.1, -0.05) is 0 Å². The van der Waals surface area contributed by atoms with Crippen LogP contribution in [0.15, 0.2) is 0 Å². The van der Waals surface area contributed by atoms with Crippen molar-refractivity contribution in [3.63, 3.8) is 0 Å². The smallest absolute Gasteiger partial charge is 0.329 e. The minimum atomic E-state index is -1.42. The molecule has 0 aromatic carbocycles. The molecule has 1 atom stereocenters. The summed E-state index contributed by atoms with van der Waals surface area (Å²) in [6, 6.07) is -1.17. The van der Waals surface area contributed by atoms with Crippen molar-refractivity contribution >= 4 is 17.8 Å². The van der Waals surface area contributed by atoms with Gasteiger partial charge in [0, 0.05) is 19.3 Å². The second kappa shape index (κ2) is 5.95. The fourth-order valence-electron chi connectivity index (χ4n) is 0.848. The number of amides is 1. The van der Waals surface area contributed by atoms with E-state index in [-0.39, 0.29) is 6.61 Å². The van der Waals surface area contributed by atoms with E-state index >= 15 is 0 Å². The molecule has 0 aliphatic carbocycles. The molecular weight excluding hydrogens is 190 g/mol. The van der Waals surface area contributed by atoms with Gasteiger partial charge in [0.2, 0.25) is 5.91 Å². The highest BCUT2D eigenvalue weighted by Gasteiger charge is 2.20. The average Bonchev–Trinajstić information content (AvgIpc) is 2.01. The van der Waals surface area contributed by atoms with Crippen LogP contribution in [0, 0.1) is 0 Å². The molecule has 0 radical (unpaired) electrons. The number of carbonyl (C=O) groups is 3. The number of carboxylic acids is 1. The summed E-state index contributed by atoms with van der Waals surface area (Å²) in [5, 5.41) is 12.4. The second-order valence-corrected chi connectivity index (χ2v) is 2.58. The monoisotopic (exact) mass is 202 g/mol. The number of hydrogen-bond donors (Lipinski definition) is 1. The molecule has 0 aromatic rings. The Kier molecular flexibility index (Phi) is 5.28. The molecule has 1 amide bonds. The second-order valence-electron chi connectivity index (χ2n) is 2.58. The molecule has 0 aliphatic heterocycles. The zero-order valence-electron chi connectivity index (χ0n) is 8.03. The number of rotatable bonds is 5. The quantitative estimate of drug-likeness (QED) is 0.530. The lowest BCUT2D eigenvalue weighted by molar-refractivity contribution is -0.306. The SMILES string of the molecule is CCOC(=O)C(CC(=O)[O-])NC(C)=O. The van der Waals surface area contributed by atoms with Crippen LogP contribution in [0.1, 0.15) is 20.3 Å². The van der Waals surface area contributed by atoms with Gasteiger partial charge in [0.25, 0.3) is 0 Å². The average molecular weight is 202 g/mol. The van der Waals surface area contributed by atoms with Gasteiger partial charge in [-0.3, -0.25) is 4.79 Å². The van der Waals surface area contributed by atoms with E-state index in [1.165, 1.54) is 6.92 Å². The van der Waals surface area contributed by atoms with E-state index in [2.05, 4.69) is 10.1 Å². The third-order valence-electron chi connectivity index (χ3n) is 1.32. The van der Waals surface area contributed by atoms with Crippen molar-refractivity contribution in [1.82, 2.24) is 5.32 Å². The standard InChI is InChI=1S/C8H13NO5/c1-3-14-8(13)6(4-7(11)12)9-5(2)10/h6H,3-4H2,1-2H3,(H,9,10)(H,11,12)/p-1. The zero-order chi connectivity index (χ0) is 11.1. The molecule has 0 rings (SSSR count). The molecule has 14 heavy (non-hydrogen) atoms. The molecule has 6 nitrogen and oxygen atoms in total. The lowest BCUT2D eigenvalue weighted by Gasteiger charge is -2.16. The Morgan fingerprint density at radius 1 is 1.43 bits per heavy atom. The Hall–Kier alpha value is -1.59. The van der Waals surface area contributed by atoms with E-state index in [1.54, 1.807) is 6.92 Å². The largest absolute Gasteiger partial charge is 0.550 e. The summed E-state index contributed by atoms with van der Waals surface area (Å²) in [6.45, 7) is 2.89. The van der Waals surface area contributed by atoms with Crippen molar-refractivity contribution in [3.05, 3.63) is 0 Å². The molecule has 6 heteroatoms. The van der Waals surface area contributed by atoms with Gasteiger partial charge in [-0.05, 0) is 6.92 Å². The van der Waals surface area contributed by atoms with Crippen LogP contribution in [0.4, 0.5) is 0 Å². The Labute approximate surface area is 81.2 Å². The van der Waals surface area contributed by atoms with Crippen LogP contribution in [-0.2, 0) is 19.1 Å². The Balaban J connectivity index is 4.29. The van der Waals surface area contributed by atoms with E-state index in [9.17, 15) is 19.5 Å². The summed E-state index contributed by atoms with van der Waals surface area (Å²) in [5.74, 6) is -2.69. The molecule has 1 N–H and O–H groups in total. The Morgan fingerprint density at radius 3 is 2.36 bits per heavy atom. The highest BCUT2D eigenvalue weighted by Crippen LogP contribution is 1.95. The first-order chi connectivity index (χ1) is 6.47. The van der Waals surface area contributed by atoms with Crippen molar-refractivity contribution < 1.29 is 24.2 Å². The maximum Gasteiger partial charge on any atom is 0.329 e. The summed E-state index contributed by atoms with van der Waals surface area (Å²) >= 11 is 0. The van der Waals surface area contributed by atoms with Crippen LogP contribution < -0.4 is 10.4 Å². The summed E-state index contributed by atoms with van der Waals surface area (Å²) in [4.78, 5) is 31.9. The molecule has 0 spiro atoms. The van der Waals surface area contributed by atoms with E-state index in [4.69, 9.17) is 0 Å². The third kappa shape index (κ3) is 5.13. The van der Waals surface area contributed by atoms with Gasteiger partial charge in [-0.2, -0.15) is 0 Å². The number of carboxylic acid groups (broad SMARTS) is 1. The van der Waals surface area contributed by atoms with Gasteiger partial charge in [-0.25, -0.2) is 4.79 Å². The van der Waals surface area contributed by atoms with E-state index in [0.717, 1.165) is 0 Å². The predicted octanol–water partition coefficient (Wildman–Crippen LogP) is -1.81. The zero-order valence-corrected chi connectivity index (χ0v) is 8.03. The molecule has 0 bridgehead atoms. The first-order valence-electron chi connectivity index (χ1n) is 4.11. The molecule has 0 heterocycles. The molecular formula is C8H12NO5-. The molecule has 1 unspecified atom stereocenters. The summed E-state index contributed by atoms with van der Waals surface area (Å²) in [7, 11) is 0. The van der Waals surface area contributed by atoms with Crippen LogP contribution >= 0.6 is 0 Å². The van der Waals surface area contributed by atoms with Crippen LogP contribution in [0.2, 0.25) is 0 Å². The maximum absolute atomic E-state index is 11.1. The minimum absolute atomic E-state index is 0.127. The summed E-state index contributed by atoms with van der Waals surface area (Å²) in [6.07, 6.45) is -0.585. The van der Waals surface area contributed by atoms with Crippen LogP contribution in [0.5, 0.6) is 0 Å². The Bertz CT molecular complexity index is 222. The molecule has 0 saturated carbocycles. The summed E-state index contributed by atoms with van der Waals surface area (Å²) < 4.78 is 4.56. The van der Waals surface area contributed by atoms with Crippen LogP contribution in [0.25, 0.3) is 0 Å². The normalized spacial score (nSPS) is 11.6. The van der Waals surface area contributed by atoms with Crippen LogP contribution in [-0.4, -0.2) is 30.5 Å². The highest BCUT2D eigenvalue weighted by molar-refractivity contribution is 5.86. The lowest BCUT2D eigenvalue weighted by atomic mass is 10.2. The Morgan fingerprint density at radius 2 is 2.00 bits per heavy atom. The predicted molar refractivity (Wildman–Crippen MR) is 43.9 cm³/mol. The number of esters is 1. The van der Waals surface area contributed by atoms with Crippen molar-refractivity contribution in [3.8, 4) is 0 Å².